The molecule has 2 atom stereocenters. The van der Waals surface area contributed by atoms with E-state index in [-0.39, 0.29) is 0 Å². The van der Waals surface area contributed by atoms with Gasteiger partial charge in [-0.05, 0) is 38.6 Å². The van der Waals surface area contributed by atoms with Crippen LogP contribution in [-0.2, 0) is 0 Å². The van der Waals surface area contributed by atoms with Crippen LogP contribution in [0.25, 0.3) is 0 Å². The van der Waals surface area contributed by atoms with E-state index in [1.54, 1.807) is 0 Å². The summed E-state index contributed by atoms with van der Waals surface area (Å²) in [5, 5.41) is 3.69. The van der Waals surface area contributed by atoms with Crippen molar-refractivity contribution in [1.29, 1.82) is 0 Å². The van der Waals surface area contributed by atoms with Crippen molar-refractivity contribution in [1.82, 2.24) is 10.2 Å². The normalized spacial score (nSPS) is 24.2. The van der Waals surface area contributed by atoms with Crippen LogP contribution < -0.4 is 5.32 Å². The van der Waals surface area contributed by atoms with Crippen molar-refractivity contribution < 1.29 is 0 Å². The molecule has 1 heterocycles. The molecule has 0 saturated carbocycles. The van der Waals surface area contributed by atoms with Gasteiger partial charge in [0, 0.05) is 25.2 Å². The highest BCUT2D eigenvalue weighted by atomic mass is 15.2. The first kappa shape index (κ1) is 14.0. The maximum atomic E-state index is 3.69. The fraction of sp³-hybridized carbons (Fsp3) is 1.00. The Morgan fingerprint density at radius 1 is 1.31 bits per heavy atom. The minimum Gasteiger partial charge on any atom is -0.313 e. The second kappa shape index (κ2) is 7.29. The molecule has 0 bridgehead atoms. The molecule has 2 heteroatoms. The summed E-state index contributed by atoms with van der Waals surface area (Å²) in [6.45, 7) is 13.0. The van der Waals surface area contributed by atoms with Crippen molar-refractivity contribution in [3.05, 3.63) is 0 Å². The average Bonchev–Trinajstić information content (AvgIpc) is 2.62. The number of nitrogens with zero attached hydrogens (tertiary/aromatic N) is 1. The Balaban J connectivity index is 2.24. The van der Waals surface area contributed by atoms with Crippen molar-refractivity contribution >= 4 is 0 Å². The highest BCUT2D eigenvalue weighted by Gasteiger charge is 2.24. The molecule has 1 aliphatic rings. The van der Waals surface area contributed by atoms with Crippen LogP contribution in [0.3, 0.4) is 0 Å². The van der Waals surface area contributed by atoms with E-state index in [2.05, 4.69) is 37.9 Å². The lowest BCUT2D eigenvalue weighted by atomic mass is 10.1. The molecular formula is C14H30N2. The lowest BCUT2D eigenvalue weighted by molar-refractivity contribution is 0.217. The number of likely N-dealkylation sites (tertiary alicyclic amines) is 1. The van der Waals surface area contributed by atoms with Crippen molar-refractivity contribution in [3.8, 4) is 0 Å². The van der Waals surface area contributed by atoms with E-state index < -0.39 is 0 Å². The molecule has 1 N–H and O–H groups in total. The third-order valence-electron chi connectivity index (χ3n) is 3.52. The van der Waals surface area contributed by atoms with E-state index in [9.17, 15) is 0 Å². The average molecular weight is 226 g/mol. The summed E-state index contributed by atoms with van der Waals surface area (Å²) in [6.07, 6.45) is 5.37. The molecule has 1 unspecified atom stereocenters. The fourth-order valence-corrected chi connectivity index (χ4v) is 2.71. The number of hydrogen-bond acceptors (Lipinski definition) is 2. The fourth-order valence-electron chi connectivity index (χ4n) is 2.71. The molecule has 1 aliphatic heterocycles. The molecule has 2 nitrogen and oxygen atoms in total. The molecule has 0 spiro atoms. The second-order valence-corrected chi connectivity index (χ2v) is 5.78. The lowest BCUT2D eigenvalue weighted by Crippen LogP contribution is -2.42. The van der Waals surface area contributed by atoms with Crippen molar-refractivity contribution in [3.63, 3.8) is 0 Å². The predicted molar refractivity (Wildman–Crippen MR) is 71.8 cm³/mol. The van der Waals surface area contributed by atoms with Crippen molar-refractivity contribution in [2.45, 2.75) is 65.5 Å². The summed E-state index contributed by atoms with van der Waals surface area (Å²) >= 11 is 0. The van der Waals surface area contributed by atoms with Gasteiger partial charge in [-0.2, -0.15) is 0 Å². The van der Waals surface area contributed by atoms with Gasteiger partial charge in [0.2, 0.25) is 0 Å². The predicted octanol–water partition coefficient (Wildman–Crippen LogP) is 2.89. The Kier molecular flexibility index (Phi) is 6.37. The van der Waals surface area contributed by atoms with Crippen LogP contribution in [-0.4, -0.2) is 36.6 Å². The third kappa shape index (κ3) is 4.84. The van der Waals surface area contributed by atoms with Crippen LogP contribution in [0, 0.1) is 5.92 Å². The van der Waals surface area contributed by atoms with Gasteiger partial charge in [0.1, 0.15) is 0 Å². The quantitative estimate of drug-likeness (QED) is 0.718. The lowest BCUT2D eigenvalue weighted by Gasteiger charge is -2.27. The van der Waals surface area contributed by atoms with E-state index in [4.69, 9.17) is 0 Å². The Morgan fingerprint density at radius 2 is 2.06 bits per heavy atom. The molecule has 1 rings (SSSR count). The van der Waals surface area contributed by atoms with Gasteiger partial charge in [0.15, 0.2) is 0 Å². The van der Waals surface area contributed by atoms with Crippen molar-refractivity contribution in [2.75, 3.05) is 19.6 Å². The van der Waals surface area contributed by atoms with Crippen LogP contribution in [0.2, 0.25) is 0 Å². The molecule has 1 fully saturated rings. The SMILES string of the molecule is CCCC(C)NC[C@@H]1CCCN1CC(C)C. The second-order valence-electron chi connectivity index (χ2n) is 5.78. The first-order chi connectivity index (χ1) is 7.63. The molecule has 0 aliphatic carbocycles. The molecule has 0 aromatic carbocycles. The highest BCUT2D eigenvalue weighted by molar-refractivity contribution is 4.82. The molecule has 96 valence electrons. The zero-order valence-corrected chi connectivity index (χ0v) is 11.6. The first-order valence-electron chi connectivity index (χ1n) is 7.11. The van der Waals surface area contributed by atoms with Gasteiger partial charge >= 0.3 is 0 Å². The van der Waals surface area contributed by atoms with Crippen LogP contribution in [0.15, 0.2) is 0 Å². The Labute approximate surface area is 102 Å². The summed E-state index contributed by atoms with van der Waals surface area (Å²) in [5.41, 5.74) is 0. The van der Waals surface area contributed by atoms with Crippen LogP contribution in [0.1, 0.15) is 53.4 Å². The number of rotatable bonds is 7. The molecule has 1 saturated heterocycles. The minimum absolute atomic E-state index is 0.687. The minimum atomic E-state index is 0.687. The van der Waals surface area contributed by atoms with Gasteiger partial charge < -0.3 is 5.32 Å². The van der Waals surface area contributed by atoms with E-state index in [0.717, 1.165) is 12.0 Å². The third-order valence-corrected chi connectivity index (χ3v) is 3.52. The summed E-state index contributed by atoms with van der Waals surface area (Å²) in [4.78, 5) is 2.68. The van der Waals surface area contributed by atoms with E-state index in [0.29, 0.717) is 6.04 Å². The standard InChI is InChI=1S/C14H30N2/c1-5-7-13(4)15-10-14-8-6-9-16(14)11-12(2)3/h12-15H,5-11H2,1-4H3/t13?,14-/m0/s1. The molecule has 0 aromatic heterocycles. The van der Waals surface area contributed by atoms with Gasteiger partial charge in [-0.1, -0.05) is 27.2 Å². The molecule has 0 aromatic rings. The summed E-state index contributed by atoms with van der Waals surface area (Å²) in [6, 6.07) is 1.48. The molecule has 0 radical (unpaired) electrons. The van der Waals surface area contributed by atoms with Gasteiger partial charge in [0.05, 0.1) is 0 Å². The zero-order chi connectivity index (χ0) is 12.0. The van der Waals surface area contributed by atoms with Gasteiger partial charge in [-0.3, -0.25) is 4.90 Å². The monoisotopic (exact) mass is 226 g/mol. The van der Waals surface area contributed by atoms with Crippen LogP contribution in [0.5, 0.6) is 0 Å². The van der Waals surface area contributed by atoms with E-state index >= 15 is 0 Å². The van der Waals surface area contributed by atoms with Crippen LogP contribution in [0.4, 0.5) is 0 Å². The van der Waals surface area contributed by atoms with Gasteiger partial charge in [-0.25, -0.2) is 0 Å². The summed E-state index contributed by atoms with van der Waals surface area (Å²) in [5.74, 6) is 0.800. The van der Waals surface area contributed by atoms with Gasteiger partial charge in [0.25, 0.3) is 0 Å². The molecular weight excluding hydrogens is 196 g/mol. The Hall–Kier alpha value is -0.0800. The largest absolute Gasteiger partial charge is 0.313 e. The van der Waals surface area contributed by atoms with Crippen LogP contribution >= 0.6 is 0 Å². The zero-order valence-electron chi connectivity index (χ0n) is 11.6. The number of hydrogen-bond donors (Lipinski definition) is 1. The van der Waals surface area contributed by atoms with Crippen molar-refractivity contribution in [2.24, 2.45) is 5.92 Å². The first-order valence-corrected chi connectivity index (χ1v) is 7.11. The smallest absolute Gasteiger partial charge is 0.0221 e. The highest BCUT2D eigenvalue weighted by Crippen LogP contribution is 2.18. The molecule has 16 heavy (non-hydrogen) atoms. The maximum absolute atomic E-state index is 3.69. The summed E-state index contributed by atoms with van der Waals surface area (Å²) < 4.78 is 0. The van der Waals surface area contributed by atoms with Gasteiger partial charge in [-0.15, -0.1) is 0 Å². The van der Waals surface area contributed by atoms with E-state index in [1.807, 2.05) is 0 Å². The summed E-state index contributed by atoms with van der Waals surface area (Å²) in [7, 11) is 0. The Morgan fingerprint density at radius 3 is 2.69 bits per heavy atom. The maximum Gasteiger partial charge on any atom is 0.0221 e. The molecule has 0 amide bonds. The Bertz CT molecular complexity index is 180. The topological polar surface area (TPSA) is 15.3 Å². The van der Waals surface area contributed by atoms with E-state index in [1.165, 1.54) is 45.3 Å². The number of nitrogens with one attached hydrogen (secondary N) is 1.